The van der Waals surface area contributed by atoms with E-state index < -0.39 is 0 Å². The molecule has 2 fully saturated rings. The van der Waals surface area contributed by atoms with E-state index in [4.69, 9.17) is 0 Å². The van der Waals surface area contributed by atoms with Crippen molar-refractivity contribution in [2.75, 3.05) is 26.7 Å². The largest absolute Gasteiger partial charge is 0.316 e. The van der Waals surface area contributed by atoms with Crippen LogP contribution in [-0.2, 0) is 0 Å². The summed E-state index contributed by atoms with van der Waals surface area (Å²) in [5.41, 5.74) is 0.673. The molecule has 2 heteroatoms. The molecule has 1 N–H and O–H groups in total. The van der Waals surface area contributed by atoms with Crippen LogP contribution in [0.5, 0.6) is 0 Å². The van der Waals surface area contributed by atoms with Gasteiger partial charge in [-0.05, 0) is 64.2 Å². The average Bonchev–Trinajstić information content (AvgIpc) is 2.25. The van der Waals surface area contributed by atoms with Crippen molar-refractivity contribution < 1.29 is 0 Å². The van der Waals surface area contributed by atoms with Gasteiger partial charge < -0.3 is 10.2 Å². The van der Waals surface area contributed by atoms with Crippen LogP contribution >= 0.6 is 0 Å². The smallest absolute Gasteiger partial charge is 0.00693 e. The molecule has 2 heterocycles. The monoisotopic (exact) mass is 210 g/mol. The van der Waals surface area contributed by atoms with Gasteiger partial charge in [-0.3, -0.25) is 0 Å². The molecule has 0 aromatic rings. The van der Waals surface area contributed by atoms with Gasteiger partial charge in [0.15, 0.2) is 0 Å². The maximum Gasteiger partial charge on any atom is 0.00693 e. The maximum atomic E-state index is 3.57. The summed E-state index contributed by atoms with van der Waals surface area (Å²) >= 11 is 0. The minimum Gasteiger partial charge on any atom is -0.316 e. The van der Waals surface area contributed by atoms with Crippen LogP contribution in [-0.4, -0.2) is 37.6 Å². The minimum absolute atomic E-state index is 0.673. The van der Waals surface area contributed by atoms with Crippen molar-refractivity contribution in [2.45, 2.75) is 45.6 Å². The van der Waals surface area contributed by atoms with Gasteiger partial charge in [0, 0.05) is 6.04 Å². The number of hydrogen-bond acceptors (Lipinski definition) is 2. The van der Waals surface area contributed by atoms with Gasteiger partial charge >= 0.3 is 0 Å². The second-order valence-electron chi connectivity index (χ2n) is 5.71. The predicted octanol–water partition coefficient (Wildman–Crippen LogP) is 2.11. The lowest BCUT2D eigenvalue weighted by atomic mass is 9.62. The highest BCUT2D eigenvalue weighted by atomic mass is 15.1. The molecule has 2 saturated heterocycles. The Hall–Kier alpha value is -0.0800. The summed E-state index contributed by atoms with van der Waals surface area (Å²) in [4.78, 5) is 2.53. The molecule has 2 aliphatic rings. The van der Waals surface area contributed by atoms with E-state index in [2.05, 4.69) is 31.1 Å². The zero-order chi connectivity index (χ0) is 10.9. The molecular weight excluding hydrogens is 184 g/mol. The Morgan fingerprint density at radius 3 is 2.87 bits per heavy atom. The Kier molecular flexibility index (Phi) is 3.36. The fourth-order valence-electron chi connectivity index (χ4n) is 3.68. The van der Waals surface area contributed by atoms with Crippen LogP contribution < -0.4 is 5.32 Å². The normalized spacial score (nSPS) is 43.4. The number of piperidine rings is 2. The highest BCUT2D eigenvalue weighted by molar-refractivity contribution is 4.96. The quantitative estimate of drug-likeness (QED) is 0.713. The van der Waals surface area contributed by atoms with E-state index in [1.807, 2.05) is 0 Å². The summed E-state index contributed by atoms with van der Waals surface area (Å²) in [5, 5.41) is 3.57. The second kappa shape index (κ2) is 4.42. The molecule has 88 valence electrons. The SMILES string of the molecule is CCC1CNCCC12CCN(C)C(C)C2. The lowest BCUT2D eigenvalue weighted by Crippen LogP contribution is -2.52. The molecule has 0 aromatic carbocycles. The van der Waals surface area contributed by atoms with E-state index in [1.54, 1.807) is 0 Å². The van der Waals surface area contributed by atoms with Crippen LogP contribution in [0.1, 0.15) is 39.5 Å². The second-order valence-corrected chi connectivity index (χ2v) is 5.71. The first-order chi connectivity index (χ1) is 7.18. The number of nitrogens with zero attached hydrogens (tertiary/aromatic N) is 1. The molecule has 3 atom stereocenters. The first-order valence-corrected chi connectivity index (χ1v) is 6.59. The third kappa shape index (κ3) is 2.07. The van der Waals surface area contributed by atoms with E-state index in [0.717, 1.165) is 12.0 Å². The molecule has 0 amide bonds. The number of hydrogen-bond donors (Lipinski definition) is 1. The van der Waals surface area contributed by atoms with Gasteiger partial charge in [-0.25, -0.2) is 0 Å². The number of nitrogens with one attached hydrogen (secondary N) is 1. The molecular formula is C13H26N2. The Morgan fingerprint density at radius 1 is 1.40 bits per heavy atom. The van der Waals surface area contributed by atoms with Crippen molar-refractivity contribution in [3.63, 3.8) is 0 Å². The molecule has 0 radical (unpaired) electrons. The standard InChI is InChI=1S/C13H26N2/c1-4-12-10-14-7-5-13(12)6-8-15(3)11(2)9-13/h11-12,14H,4-10H2,1-3H3. The molecule has 0 bridgehead atoms. The van der Waals surface area contributed by atoms with Gasteiger partial charge in [-0.2, -0.15) is 0 Å². The van der Waals surface area contributed by atoms with Crippen LogP contribution in [0.25, 0.3) is 0 Å². The Labute approximate surface area is 94.4 Å². The molecule has 2 nitrogen and oxygen atoms in total. The van der Waals surface area contributed by atoms with Crippen molar-refractivity contribution in [2.24, 2.45) is 11.3 Å². The Balaban J connectivity index is 2.09. The molecule has 0 saturated carbocycles. The molecule has 1 spiro atoms. The van der Waals surface area contributed by atoms with Crippen molar-refractivity contribution in [3.05, 3.63) is 0 Å². The van der Waals surface area contributed by atoms with E-state index in [1.165, 1.54) is 45.3 Å². The first kappa shape index (κ1) is 11.4. The fraction of sp³-hybridized carbons (Fsp3) is 1.00. The molecule has 2 aliphatic heterocycles. The van der Waals surface area contributed by atoms with Gasteiger partial charge in [0.2, 0.25) is 0 Å². The predicted molar refractivity (Wildman–Crippen MR) is 65.0 cm³/mol. The van der Waals surface area contributed by atoms with Crippen molar-refractivity contribution in [1.82, 2.24) is 10.2 Å². The third-order valence-electron chi connectivity index (χ3n) is 4.97. The summed E-state index contributed by atoms with van der Waals surface area (Å²) < 4.78 is 0. The number of likely N-dealkylation sites (tertiary alicyclic amines) is 1. The van der Waals surface area contributed by atoms with Crippen LogP contribution in [0.15, 0.2) is 0 Å². The lowest BCUT2D eigenvalue weighted by Gasteiger charge is -2.51. The van der Waals surface area contributed by atoms with Gasteiger partial charge in [-0.1, -0.05) is 13.3 Å². The summed E-state index contributed by atoms with van der Waals surface area (Å²) in [7, 11) is 2.28. The molecule has 0 aromatic heterocycles. The Morgan fingerprint density at radius 2 is 2.20 bits per heavy atom. The average molecular weight is 210 g/mol. The van der Waals surface area contributed by atoms with Gasteiger partial charge in [0.1, 0.15) is 0 Å². The van der Waals surface area contributed by atoms with E-state index in [0.29, 0.717) is 5.41 Å². The third-order valence-corrected chi connectivity index (χ3v) is 4.97. The zero-order valence-electron chi connectivity index (χ0n) is 10.6. The van der Waals surface area contributed by atoms with Crippen LogP contribution in [0.2, 0.25) is 0 Å². The maximum absolute atomic E-state index is 3.57. The lowest BCUT2D eigenvalue weighted by molar-refractivity contribution is 0.00191. The van der Waals surface area contributed by atoms with Crippen molar-refractivity contribution in [1.29, 1.82) is 0 Å². The zero-order valence-corrected chi connectivity index (χ0v) is 10.6. The highest BCUT2D eigenvalue weighted by Gasteiger charge is 2.43. The summed E-state index contributed by atoms with van der Waals surface area (Å²) in [6.07, 6.45) is 5.60. The first-order valence-electron chi connectivity index (χ1n) is 6.59. The van der Waals surface area contributed by atoms with E-state index >= 15 is 0 Å². The Bertz CT molecular complexity index is 217. The molecule has 3 unspecified atom stereocenters. The molecule has 15 heavy (non-hydrogen) atoms. The topological polar surface area (TPSA) is 15.3 Å². The van der Waals surface area contributed by atoms with Gasteiger partial charge in [0.25, 0.3) is 0 Å². The van der Waals surface area contributed by atoms with Gasteiger partial charge in [-0.15, -0.1) is 0 Å². The molecule has 2 rings (SSSR count). The van der Waals surface area contributed by atoms with E-state index in [-0.39, 0.29) is 0 Å². The van der Waals surface area contributed by atoms with Crippen LogP contribution in [0.3, 0.4) is 0 Å². The van der Waals surface area contributed by atoms with Crippen LogP contribution in [0.4, 0.5) is 0 Å². The van der Waals surface area contributed by atoms with Crippen molar-refractivity contribution in [3.8, 4) is 0 Å². The summed E-state index contributed by atoms with van der Waals surface area (Å²) in [6, 6.07) is 0.783. The van der Waals surface area contributed by atoms with Crippen LogP contribution in [0, 0.1) is 11.3 Å². The highest BCUT2D eigenvalue weighted by Crippen LogP contribution is 2.46. The summed E-state index contributed by atoms with van der Waals surface area (Å²) in [5.74, 6) is 0.919. The summed E-state index contributed by atoms with van der Waals surface area (Å²) in [6.45, 7) is 8.57. The van der Waals surface area contributed by atoms with Gasteiger partial charge in [0.05, 0.1) is 0 Å². The minimum atomic E-state index is 0.673. The fourth-order valence-corrected chi connectivity index (χ4v) is 3.68. The van der Waals surface area contributed by atoms with Crippen molar-refractivity contribution >= 4 is 0 Å². The molecule has 0 aliphatic carbocycles. The number of rotatable bonds is 1. The van der Waals surface area contributed by atoms with E-state index in [9.17, 15) is 0 Å².